The van der Waals surface area contributed by atoms with Gasteiger partial charge in [0.25, 0.3) is 11.8 Å². The van der Waals surface area contributed by atoms with Crippen molar-refractivity contribution >= 4 is 39.3 Å². The maximum atomic E-state index is 13.1. The molecular weight excluding hydrogens is 390 g/mol. The molecule has 31 heavy (non-hydrogen) atoms. The van der Waals surface area contributed by atoms with Crippen LogP contribution in [-0.2, 0) is 0 Å². The molecular formula is C24H29N5O2. The summed E-state index contributed by atoms with van der Waals surface area (Å²) < 4.78 is 0. The minimum Gasteiger partial charge on any atom is -0.371 e. The SMILES string of the molecule is CN1CCN(C(=O)c2ccc3c(c2)[nH]c2c(C(N)=O)ccc(N4CCCCC4)c23)CC1. The van der Waals surface area contributed by atoms with Gasteiger partial charge in [-0.25, -0.2) is 0 Å². The summed E-state index contributed by atoms with van der Waals surface area (Å²) in [5, 5.41) is 2.04. The van der Waals surface area contributed by atoms with E-state index in [2.05, 4.69) is 21.8 Å². The fourth-order valence-electron chi connectivity index (χ4n) is 4.92. The normalized spacial score (nSPS) is 18.1. The Morgan fingerprint density at radius 2 is 1.68 bits per heavy atom. The zero-order valence-electron chi connectivity index (χ0n) is 18.0. The molecule has 0 aliphatic carbocycles. The average molecular weight is 420 g/mol. The van der Waals surface area contributed by atoms with Gasteiger partial charge in [0.15, 0.2) is 0 Å². The summed E-state index contributed by atoms with van der Waals surface area (Å²) >= 11 is 0. The topological polar surface area (TPSA) is 85.7 Å². The first-order chi connectivity index (χ1) is 15.0. The number of benzene rings is 2. The lowest BCUT2D eigenvalue weighted by molar-refractivity contribution is 0.0664. The second-order valence-corrected chi connectivity index (χ2v) is 8.78. The molecule has 2 aliphatic rings. The van der Waals surface area contributed by atoms with Gasteiger partial charge in [-0.3, -0.25) is 9.59 Å². The van der Waals surface area contributed by atoms with Crippen molar-refractivity contribution in [3.63, 3.8) is 0 Å². The highest BCUT2D eigenvalue weighted by Gasteiger charge is 2.23. The molecule has 2 fully saturated rings. The number of aromatic nitrogens is 1. The second kappa shape index (κ2) is 7.89. The third kappa shape index (κ3) is 3.53. The second-order valence-electron chi connectivity index (χ2n) is 8.78. The zero-order valence-corrected chi connectivity index (χ0v) is 18.0. The van der Waals surface area contributed by atoms with Crippen LogP contribution in [0.25, 0.3) is 21.8 Å². The summed E-state index contributed by atoms with van der Waals surface area (Å²) in [5.74, 6) is -0.393. The van der Waals surface area contributed by atoms with Crippen LogP contribution in [0.4, 0.5) is 5.69 Å². The molecule has 2 aliphatic heterocycles. The van der Waals surface area contributed by atoms with Crippen LogP contribution in [0.5, 0.6) is 0 Å². The van der Waals surface area contributed by atoms with E-state index >= 15 is 0 Å². The number of nitrogens with two attached hydrogens (primary N) is 1. The van der Waals surface area contributed by atoms with Crippen molar-refractivity contribution in [3.8, 4) is 0 Å². The van der Waals surface area contributed by atoms with Crippen LogP contribution in [0.1, 0.15) is 40.0 Å². The highest BCUT2D eigenvalue weighted by molar-refractivity contribution is 6.20. The van der Waals surface area contributed by atoms with Crippen LogP contribution in [0.3, 0.4) is 0 Å². The Balaban J connectivity index is 1.60. The number of fused-ring (bicyclic) bond motifs is 3. The molecule has 2 aromatic carbocycles. The van der Waals surface area contributed by atoms with E-state index in [1.807, 2.05) is 35.2 Å². The summed E-state index contributed by atoms with van der Waals surface area (Å²) in [6, 6.07) is 9.67. The quantitative estimate of drug-likeness (QED) is 0.684. The number of carbonyl (C=O) groups is 2. The van der Waals surface area contributed by atoms with Crippen LogP contribution in [-0.4, -0.2) is 72.9 Å². The monoisotopic (exact) mass is 419 g/mol. The van der Waals surface area contributed by atoms with Crippen molar-refractivity contribution in [2.24, 2.45) is 5.73 Å². The molecule has 1 aromatic heterocycles. The number of likely N-dealkylation sites (N-methyl/N-ethyl adjacent to an activating group) is 1. The van der Waals surface area contributed by atoms with Crippen LogP contribution in [0.2, 0.25) is 0 Å². The average Bonchev–Trinajstić information content (AvgIpc) is 3.17. The third-order valence-corrected chi connectivity index (χ3v) is 6.73. The van der Waals surface area contributed by atoms with Gasteiger partial charge < -0.3 is 25.4 Å². The fraction of sp³-hybridized carbons (Fsp3) is 0.417. The first-order valence-electron chi connectivity index (χ1n) is 11.1. The van der Waals surface area contributed by atoms with Crippen molar-refractivity contribution in [2.75, 3.05) is 51.2 Å². The Morgan fingerprint density at radius 3 is 2.39 bits per heavy atom. The van der Waals surface area contributed by atoms with Gasteiger partial charge in [-0.2, -0.15) is 0 Å². The van der Waals surface area contributed by atoms with Gasteiger partial charge in [-0.15, -0.1) is 0 Å². The van der Waals surface area contributed by atoms with Crippen LogP contribution in [0.15, 0.2) is 30.3 Å². The first-order valence-corrected chi connectivity index (χ1v) is 11.1. The summed E-state index contributed by atoms with van der Waals surface area (Å²) in [6.07, 6.45) is 3.60. The molecule has 7 heteroatoms. The Bertz CT molecular complexity index is 1150. The summed E-state index contributed by atoms with van der Waals surface area (Å²) in [7, 11) is 2.08. The number of nitrogens with one attached hydrogen (secondary N) is 1. The van der Waals surface area contributed by atoms with E-state index in [0.717, 1.165) is 66.8 Å². The van der Waals surface area contributed by atoms with E-state index in [-0.39, 0.29) is 5.91 Å². The van der Waals surface area contributed by atoms with Crippen molar-refractivity contribution < 1.29 is 9.59 Å². The van der Waals surface area contributed by atoms with E-state index in [9.17, 15) is 9.59 Å². The fourth-order valence-corrected chi connectivity index (χ4v) is 4.92. The number of primary amides is 1. The molecule has 3 heterocycles. The largest absolute Gasteiger partial charge is 0.371 e. The zero-order chi connectivity index (χ0) is 21.5. The maximum absolute atomic E-state index is 13.1. The third-order valence-electron chi connectivity index (χ3n) is 6.73. The number of anilines is 1. The van der Waals surface area contributed by atoms with Crippen LogP contribution in [0, 0.1) is 0 Å². The highest BCUT2D eigenvalue weighted by atomic mass is 16.2. The van der Waals surface area contributed by atoms with E-state index in [1.165, 1.54) is 19.3 Å². The highest BCUT2D eigenvalue weighted by Crippen LogP contribution is 2.37. The van der Waals surface area contributed by atoms with Gasteiger partial charge in [0, 0.05) is 66.8 Å². The molecule has 3 aromatic rings. The Hall–Kier alpha value is -3.06. The number of hydrogen-bond acceptors (Lipinski definition) is 4. The molecule has 0 bridgehead atoms. The number of piperidine rings is 1. The molecule has 0 spiro atoms. The summed E-state index contributed by atoms with van der Waals surface area (Å²) in [6.45, 7) is 5.29. The molecule has 0 unspecified atom stereocenters. The molecule has 2 saturated heterocycles. The molecule has 0 atom stereocenters. The first kappa shape index (κ1) is 19.9. The van der Waals surface area contributed by atoms with Gasteiger partial charge in [0.1, 0.15) is 0 Å². The van der Waals surface area contributed by atoms with Crippen molar-refractivity contribution in [3.05, 3.63) is 41.5 Å². The smallest absolute Gasteiger partial charge is 0.254 e. The molecule has 5 rings (SSSR count). The van der Waals surface area contributed by atoms with Gasteiger partial charge in [-0.05, 0) is 50.6 Å². The number of piperazine rings is 1. The maximum Gasteiger partial charge on any atom is 0.254 e. The lowest BCUT2D eigenvalue weighted by Crippen LogP contribution is -2.47. The predicted molar refractivity (Wildman–Crippen MR) is 124 cm³/mol. The molecule has 7 nitrogen and oxygen atoms in total. The van der Waals surface area contributed by atoms with Gasteiger partial charge in [0.2, 0.25) is 0 Å². The predicted octanol–water partition coefficient (Wildman–Crippen LogP) is 2.80. The molecule has 3 N–H and O–H groups in total. The number of rotatable bonds is 3. The number of hydrogen-bond donors (Lipinski definition) is 2. The summed E-state index contributed by atoms with van der Waals surface area (Å²) in [5.41, 5.74) is 9.59. The van der Waals surface area contributed by atoms with Gasteiger partial charge in [0.05, 0.1) is 11.1 Å². The summed E-state index contributed by atoms with van der Waals surface area (Å²) in [4.78, 5) is 35.1. The molecule has 0 saturated carbocycles. The number of carbonyl (C=O) groups excluding carboxylic acids is 2. The van der Waals surface area contributed by atoms with E-state index < -0.39 is 5.91 Å². The van der Waals surface area contributed by atoms with Crippen LogP contribution < -0.4 is 10.6 Å². The number of amides is 2. The van der Waals surface area contributed by atoms with Crippen LogP contribution >= 0.6 is 0 Å². The van der Waals surface area contributed by atoms with E-state index in [1.54, 1.807) is 0 Å². The van der Waals surface area contributed by atoms with Gasteiger partial charge in [-0.1, -0.05) is 6.07 Å². The number of aromatic amines is 1. The number of nitrogens with zero attached hydrogens (tertiary/aromatic N) is 3. The minimum atomic E-state index is -0.449. The number of H-pyrrole nitrogens is 1. The Labute approximate surface area is 181 Å². The van der Waals surface area contributed by atoms with E-state index in [0.29, 0.717) is 11.1 Å². The lowest BCUT2D eigenvalue weighted by Gasteiger charge is -2.32. The molecule has 162 valence electrons. The van der Waals surface area contributed by atoms with Crippen molar-refractivity contribution in [2.45, 2.75) is 19.3 Å². The Morgan fingerprint density at radius 1 is 0.935 bits per heavy atom. The van der Waals surface area contributed by atoms with Crippen molar-refractivity contribution in [1.82, 2.24) is 14.8 Å². The van der Waals surface area contributed by atoms with E-state index in [4.69, 9.17) is 5.73 Å². The van der Waals surface area contributed by atoms with Gasteiger partial charge >= 0.3 is 0 Å². The molecule has 0 radical (unpaired) electrons. The molecule has 2 amide bonds. The standard InChI is InChI=1S/C24H29N5O2/c1-27-11-13-29(14-12-27)24(31)16-5-6-17-19(15-16)26-22-18(23(25)30)7-8-20(21(17)22)28-9-3-2-4-10-28/h5-8,15,26H,2-4,9-14H2,1H3,(H2,25,30). The Kier molecular flexibility index (Phi) is 5.06. The van der Waals surface area contributed by atoms with Crippen molar-refractivity contribution in [1.29, 1.82) is 0 Å². The minimum absolute atomic E-state index is 0.0556. The lowest BCUT2D eigenvalue weighted by atomic mass is 10.0.